The molecule has 1 heterocycles. The number of nitrogens with zero attached hydrogens (tertiary/aromatic N) is 4. The molecule has 4 rings (SSSR count). The van der Waals surface area contributed by atoms with E-state index in [0.717, 1.165) is 5.56 Å². The number of rotatable bonds is 10. The lowest BCUT2D eigenvalue weighted by molar-refractivity contribution is -0.384. The minimum absolute atomic E-state index is 0.0215. The highest BCUT2D eigenvalue weighted by atomic mass is 32.2. The zero-order chi connectivity index (χ0) is 25.5. The Bertz CT molecular complexity index is 1360. The summed E-state index contributed by atoms with van der Waals surface area (Å²) < 4.78 is 12.3. The van der Waals surface area contributed by atoms with Gasteiger partial charge in [-0.15, -0.1) is 10.2 Å². The van der Waals surface area contributed by atoms with Crippen LogP contribution in [0.1, 0.15) is 21.7 Å². The summed E-state index contributed by atoms with van der Waals surface area (Å²) in [4.78, 5) is 23.6. The highest BCUT2D eigenvalue weighted by Gasteiger charge is 2.19. The minimum atomic E-state index is -0.454. The van der Waals surface area contributed by atoms with Crippen molar-refractivity contribution < 1.29 is 19.2 Å². The van der Waals surface area contributed by atoms with Gasteiger partial charge < -0.3 is 14.8 Å². The minimum Gasteiger partial charge on any atom is -0.497 e. The molecule has 0 saturated heterocycles. The summed E-state index contributed by atoms with van der Waals surface area (Å²) in [5, 5.41) is 23.2. The van der Waals surface area contributed by atoms with Gasteiger partial charge in [0.1, 0.15) is 11.5 Å². The standard InChI is InChI=1S/C25H23N5O5S/c1-34-20-12-13-21(22(14-20)35-2)24(31)26-15-23-27-28-25(36-16-17-6-4-3-5-7-17)29(23)18-8-10-19(11-9-18)30(32)33/h3-14H,15-16H2,1-2H3,(H,26,31). The zero-order valence-corrected chi connectivity index (χ0v) is 20.4. The van der Waals surface area contributed by atoms with Gasteiger partial charge in [0.2, 0.25) is 0 Å². The largest absolute Gasteiger partial charge is 0.497 e. The van der Waals surface area contributed by atoms with Gasteiger partial charge in [-0.25, -0.2) is 0 Å². The van der Waals surface area contributed by atoms with Gasteiger partial charge >= 0.3 is 0 Å². The maximum Gasteiger partial charge on any atom is 0.269 e. The van der Waals surface area contributed by atoms with E-state index in [2.05, 4.69) is 15.5 Å². The number of amides is 1. The number of thioether (sulfide) groups is 1. The number of aromatic nitrogens is 3. The van der Waals surface area contributed by atoms with Crippen molar-refractivity contribution >= 4 is 23.4 Å². The first kappa shape index (κ1) is 24.7. The fraction of sp³-hybridized carbons (Fsp3) is 0.160. The Morgan fingerprint density at radius 2 is 1.78 bits per heavy atom. The summed E-state index contributed by atoms with van der Waals surface area (Å²) >= 11 is 1.48. The van der Waals surface area contributed by atoms with Crippen LogP contribution in [0.5, 0.6) is 11.5 Å². The predicted octanol–water partition coefficient (Wildman–Crippen LogP) is 4.42. The molecule has 0 saturated carbocycles. The lowest BCUT2D eigenvalue weighted by atomic mass is 10.1. The van der Waals surface area contributed by atoms with E-state index in [4.69, 9.17) is 9.47 Å². The average Bonchev–Trinajstić information content (AvgIpc) is 3.33. The van der Waals surface area contributed by atoms with E-state index in [1.165, 1.54) is 38.1 Å². The van der Waals surface area contributed by atoms with E-state index in [-0.39, 0.29) is 18.1 Å². The molecule has 0 aliphatic heterocycles. The molecule has 11 heteroatoms. The van der Waals surface area contributed by atoms with E-state index in [0.29, 0.717) is 39.5 Å². The summed E-state index contributed by atoms with van der Waals surface area (Å²) in [6, 6.07) is 20.9. The molecule has 0 unspecified atom stereocenters. The van der Waals surface area contributed by atoms with E-state index >= 15 is 0 Å². The van der Waals surface area contributed by atoms with Crippen molar-refractivity contribution in [2.75, 3.05) is 14.2 Å². The fourth-order valence-electron chi connectivity index (χ4n) is 3.45. The molecule has 184 valence electrons. The number of benzene rings is 3. The van der Waals surface area contributed by atoms with Gasteiger partial charge in [0.15, 0.2) is 11.0 Å². The third-order valence-electron chi connectivity index (χ3n) is 5.29. The monoisotopic (exact) mass is 505 g/mol. The van der Waals surface area contributed by atoms with Gasteiger partial charge in [0, 0.05) is 29.6 Å². The summed E-state index contributed by atoms with van der Waals surface area (Å²) in [6.07, 6.45) is 0. The molecular weight excluding hydrogens is 482 g/mol. The third kappa shape index (κ3) is 5.63. The molecule has 36 heavy (non-hydrogen) atoms. The number of hydrogen-bond donors (Lipinski definition) is 1. The van der Waals surface area contributed by atoms with Crippen molar-refractivity contribution in [3.8, 4) is 17.2 Å². The van der Waals surface area contributed by atoms with Gasteiger partial charge in [0.25, 0.3) is 11.6 Å². The Morgan fingerprint density at radius 1 is 1.03 bits per heavy atom. The number of non-ortho nitro benzene ring substituents is 1. The normalized spacial score (nSPS) is 10.6. The Balaban J connectivity index is 1.59. The van der Waals surface area contributed by atoms with Gasteiger partial charge in [-0.05, 0) is 29.8 Å². The summed E-state index contributed by atoms with van der Waals surface area (Å²) in [5.41, 5.74) is 2.08. The van der Waals surface area contributed by atoms with Gasteiger partial charge in [0.05, 0.1) is 31.3 Å². The number of carbonyl (C=O) groups is 1. The van der Waals surface area contributed by atoms with E-state index in [1.807, 2.05) is 30.3 Å². The molecule has 0 aliphatic carbocycles. The molecule has 0 radical (unpaired) electrons. The number of methoxy groups -OCH3 is 2. The number of hydrogen-bond acceptors (Lipinski definition) is 8. The van der Waals surface area contributed by atoms with Crippen LogP contribution in [0.4, 0.5) is 5.69 Å². The zero-order valence-electron chi connectivity index (χ0n) is 19.6. The van der Waals surface area contributed by atoms with Crippen LogP contribution in [0.15, 0.2) is 78.0 Å². The van der Waals surface area contributed by atoms with E-state index in [1.54, 1.807) is 34.9 Å². The van der Waals surface area contributed by atoms with Crippen molar-refractivity contribution in [1.82, 2.24) is 20.1 Å². The lowest BCUT2D eigenvalue weighted by Crippen LogP contribution is -2.25. The van der Waals surface area contributed by atoms with Crippen LogP contribution in [0.2, 0.25) is 0 Å². The first-order valence-corrected chi connectivity index (χ1v) is 11.8. The van der Waals surface area contributed by atoms with E-state index < -0.39 is 4.92 Å². The Labute approximate surface area is 211 Å². The van der Waals surface area contributed by atoms with E-state index in [9.17, 15) is 14.9 Å². The van der Waals surface area contributed by atoms with Gasteiger partial charge in [-0.2, -0.15) is 0 Å². The van der Waals surface area contributed by atoms with Crippen LogP contribution in [0.3, 0.4) is 0 Å². The second kappa shape index (κ2) is 11.4. The molecule has 1 amide bonds. The van der Waals surface area contributed by atoms with Crippen molar-refractivity contribution in [2.45, 2.75) is 17.5 Å². The molecule has 0 atom stereocenters. The van der Waals surface area contributed by atoms with Crippen LogP contribution >= 0.6 is 11.8 Å². The van der Waals surface area contributed by atoms with Crippen LogP contribution < -0.4 is 14.8 Å². The SMILES string of the molecule is COc1ccc(C(=O)NCc2nnc(SCc3ccccc3)n2-c2ccc([N+](=O)[O-])cc2)c(OC)c1. The van der Waals surface area contributed by atoms with Crippen molar-refractivity contribution in [1.29, 1.82) is 0 Å². The Morgan fingerprint density at radius 3 is 2.44 bits per heavy atom. The van der Waals surface area contributed by atoms with Crippen molar-refractivity contribution in [3.05, 3.63) is 99.9 Å². The molecule has 0 fully saturated rings. The maximum atomic E-state index is 12.9. The fourth-order valence-corrected chi connectivity index (χ4v) is 4.38. The number of nitrogens with one attached hydrogen (secondary N) is 1. The maximum absolute atomic E-state index is 12.9. The predicted molar refractivity (Wildman–Crippen MR) is 135 cm³/mol. The molecule has 0 spiro atoms. The van der Waals surface area contributed by atoms with Crippen LogP contribution in [0, 0.1) is 10.1 Å². The average molecular weight is 506 g/mol. The van der Waals surface area contributed by atoms with Crippen molar-refractivity contribution in [2.24, 2.45) is 0 Å². The topological polar surface area (TPSA) is 121 Å². The number of nitro groups is 1. The Kier molecular flexibility index (Phi) is 7.81. The second-order valence-electron chi connectivity index (χ2n) is 7.53. The second-order valence-corrected chi connectivity index (χ2v) is 8.47. The molecule has 1 N–H and O–H groups in total. The molecule has 1 aromatic heterocycles. The molecule has 3 aromatic carbocycles. The Hall–Kier alpha value is -4.38. The molecule has 4 aromatic rings. The van der Waals surface area contributed by atoms with Crippen LogP contribution in [0.25, 0.3) is 5.69 Å². The lowest BCUT2D eigenvalue weighted by Gasteiger charge is -2.12. The number of nitro benzene ring substituents is 1. The molecule has 10 nitrogen and oxygen atoms in total. The third-order valence-corrected chi connectivity index (χ3v) is 6.29. The molecule has 0 aliphatic rings. The number of ether oxygens (including phenoxy) is 2. The summed E-state index contributed by atoms with van der Waals surface area (Å²) in [5.74, 6) is 1.72. The van der Waals surface area contributed by atoms with Crippen LogP contribution in [-0.4, -0.2) is 39.8 Å². The highest BCUT2D eigenvalue weighted by molar-refractivity contribution is 7.98. The van der Waals surface area contributed by atoms with Gasteiger partial charge in [-0.3, -0.25) is 19.5 Å². The smallest absolute Gasteiger partial charge is 0.269 e. The first-order chi connectivity index (χ1) is 17.5. The van der Waals surface area contributed by atoms with Crippen LogP contribution in [-0.2, 0) is 12.3 Å². The highest BCUT2D eigenvalue weighted by Crippen LogP contribution is 2.27. The number of carbonyl (C=O) groups excluding carboxylic acids is 1. The summed E-state index contributed by atoms with van der Waals surface area (Å²) in [6.45, 7) is 0.0733. The molecule has 0 bridgehead atoms. The first-order valence-electron chi connectivity index (χ1n) is 10.9. The van der Waals surface area contributed by atoms with Crippen molar-refractivity contribution in [3.63, 3.8) is 0 Å². The van der Waals surface area contributed by atoms with Gasteiger partial charge in [-0.1, -0.05) is 42.1 Å². The quantitative estimate of drug-likeness (QED) is 0.191. The summed E-state index contributed by atoms with van der Waals surface area (Å²) in [7, 11) is 3.01. The molecular formula is C25H23N5O5S.